The molecule has 0 bridgehead atoms. The van der Waals surface area contributed by atoms with Crippen LogP contribution in [-0.4, -0.2) is 41.9 Å². The number of hydrogen-bond donors (Lipinski definition) is 3. The Hall–Kier alpha value is -1.96. The van der Waals surface area contributed by atoms with E-state index in [1.165, 1.54) is 141 Å². The van der Waals surface area contributed by atoms with E-state index in [-0.39, 0.29) is 12.3 Å². The number of hydrogen-bond acceptors (Lipinski definition) is 4. The van der Waals surface area contributed by atoms with Crippen molar-refractivity contribution in [3.8, 4) is 0 Å². The third kappa shape index (κ3) is 41.2. The molecular weight excluding hydrogens is 691 g/mol. The Balaban J connectivity index is 3.96. The van der Waals surface area contributed by atoms with E-state index in [9.17, 15) is 22.9 Å². The lowest BCUT2D eigenvalue weighted by Crippen LogP contribution is -2.46. The highest BCUT2D eigenvalue weighted by molar-refractivity contribution is 7.85. The van der Waals surface area contributed by atoms with E-state index in [0.29, 0.717) is 6.42 Å². The van der Waals surface area contributed by atoms with Gasteiger partial charge in [0.1, 0.15) is 0 Å². The van der Waals surface area contributed by atoms with Crippen LogP contribution in [0.4, 0.5) is 0 Å². The standard InChI is InChI=1S/C47H85NO5S/c1-3-5-7-9-11-13-15-17-19-21-23-25-26-28-30-32-34-36-38-40-42-46(49)45(44-54(51,52)53)48-47(50)43-41-39-37-35-33-31-29-27-24-22-20-18-16-14-12-10-8-6-4-2/h12,14,18,20,25-26,32,34,40,42,45-46,49H,3-11,13,15-17,19,21-24,27-31,33,35-39,41,43-44H2,1-2H3,(H,48,50)(H,51,52,53)/b14-12-,20-18-,26-25+,34-32+,42-40+. The summed E-state index contributed by atoms with van der Waals surface area (Å²) in [5.41, 5.74) is 0. The molecule has 0 spiro atoms. The molecule has 0 aliphatic rings. The Bertz CT molecular complexity index is 1080. The van der Waals surface area contributed by atoms with Crippen molar-refractivity contribution in [1.29, 1.82) is 0 Å². The van der Waals surface area contributed by atoms with Gasteiger partial charge >= 0.3 is 0 Å². The first-order chi connectivity index (χ1) is 26.3. The third-order valence-corrected chi connectivity index (χ3v) is 10.7. The van der Waals surface area contributed by atoms with Crippen LogP contribution in [-0.2, 0) is 14.9 Å². The van der Waals surface area contributed by atoms with Crippen LogP contribution in [0, 0.1) is 0 Å². The molecule has 0 heterocycles. The van der Waals surface area contributed by atoms with Gasteiger partial charge in [-0.15, -0.1) is 0 Å². The van der Waals surface area contributed by atoms with Crippen LogP contribution in [0.2, 0.25) is 0 Å². The predicted molar refractivity (Wildman–Crippen MR) is 235 cm³/mol. The van der Waals surface area contributed by atoms with E-state index >= 15 is 0 Å². The maximum Gasteiger partial charge on any atom is 0.267 e. The zero-order valence-electron chi connectivity index (χ0n) is 35.1. The molecule has 314 valence electrons. The van der Waals surface area contributed by atoms with Crippen LogP contribution in [0.25, 0.3) is 0 Å². The quantitative estimate of drug-likeness (QED) is 0.0327. The molecule has 0 aromatic rings. The van der Waals surface area contributed by atoms with E-state index in [1.807, 2.05) is 0 Å². The molecule has 0 radical (unpaired) electrons. The molecule has 6 nitrogen and oxygen atoms in total. The van der Waals surface area contributed by atoms with Crippen LogP contribution in [0.1, 0.15) is 213 Å². The molecule has 0 aliphatic carbocycles. The van der Waals surface area contributed by atoms with Crippen molar-refractivity contribution in [2.75, 3.05) is 5.75 Å². The number of nitrogens with one attached hydrogen (secondary N) is 1. The van der Waals surface area contributed by atoms with E-state index in [2.05, 4.69) is 67.8 Å². The number of allylic oxidation sites excluding steroid dienone is 9. The van der Waals surface area contributed by atoms with E-state index in [0.717, 1.165) is 51.4 Å². The third-order valence-electron chi connectivity index (χ3n) is 9.89. The summed E-state index contributed by atoms with van der Waals surface area (Å²) < 4.78 is 32.6. The summed E-state index contributed by atoms with van der Waals surface area (Å²) in [7, 11) is -4.36. The zero-order valence-corrected chi connectivity index (χ0v) is 35.9. The molecule has 54 heavy (non-hydrogen) atoms. The van der Waals surface area contributed by atoms with Crippen LogP contribution < -0.4 is 5.32 Å². The molecule has 0 fully saturated rings. The lowest BCUT2D eigenvalue weighted by Gasteiger charge is -2.21. The molecule has 0 saturated carbocycles. The number of aliphatic hydroxyl groups excluding tert-OH is 1. The normalized spacial score (nSPS) is 13.8. The van der Waals surface area contributed by atoms with Gasteiger partial charge in [0, 0.05) is 6.42 Å². The van der Waals surface area contributed by atoms with Crippen LogP contribution >= 0.6 is 0 Å². The Morgan fingerprint density at radius 2 is 0.852 bits per heavy atom. The summed E-state index contributed by atoms with van der Waals surface area (Å²) in [5, 5.41) is 13.2. The maximum absolute atomic E-state index is 12.5. The predicted octanol–water partition coefficient (Wildman–Crippen LogP) is 13.6. The molecule has 1 amide bonds. The summed E-state index contributed by atoms with van der Waals surface area (Å²) in [6, 6.07) is -1.08. The molecule has 0 aromatic heterocycles. The van der Waals surface area contributed by atoms with Gasteiger partial charge in [0.25, 0.3) is 10.1 Å². The molecule has 7 heteroatoms. The van der Waals surface area contributed by atoms with Gasteiger partial charge in [0.05, 0.1) is 17.9 Å². The fourth-order valence-corrected chi connectivity index (χ4v) is 7.25. The number of amides is 1. The molecule has 2 unspecified atom stereocenters. The number of aliphatic hydroxyl groups is 1. The largest absolute Gasteiger partial charge is 0.387 e. The van der Waals surface area contributed by atoms with Gasteiger partial charge in [-0.1, -0.05) is 190 Å². The van der Waals surface area contributed by atoms with Crippen molar-refractivity contribution in [3.05, 3.63) is 60.8 Å². The Morgan fingerprint density at radius 1 is 0.500 bits per heavy atom. The van der Waals surface area contributed by atoms with Gasteiger partial charge in [-0.25, -0.2) is 0 Å². The second-order valence-corrected chi connectivity index (χ2v) is 16.8. The average molecular weight is 776 g/mol. The molecule has 0 rings (SSSR count). The minimum absolute atomic E-state index is 0.278. The second kappa shape index (κ2) is 40.7. The summed E-state index contributed by atoms with van der Waals surface area (Å²) in [4.78, 5) is 12.5. The van der Waals surface area contributed by atoms with Gasteiger partial charge in [-0.3, -0.25) is 9.35 Å². The van der Waals surface area contributed by atoms with Gasteiger partial charge in [-0.05, 0) is 77.0 Å². The van der Waals surface area contributed by atoms with Crippen molar-refractivity contribution < 1.29 is 22.9 Å². The van der Waals surface area contributed by atoms with Crippen molar-refractivity contribution >= 4 is 16.0 Å². The topological polar surface area (TPSA) is 104 Å². The first-order valence-corrected chi connectivity index (χ1v) is 24.1. The highest BCUT2D eigenvalue weighted by Crippen LogP contribution is 2.14. The van der Waals surface area contributed by atoms with Crippen molar-refractivity contribution in [2.45, 2.75) is 225 Å². The SMILES string of the molecule is CCCCC/C=C\C/C=C\CCCCCCCCCCCC(=O)NC(CS(=O)(=O)O)C(O)/C=C/CC/C=C/CC/C=C/CCCCCCCCCCCC. The van der Waals surface area contributed by atoms with Crippen molar-refractivity contribution in [1.82, 2.24) is 5.32 Å². The first-order valence-electron chi connectivity index (χ1n) is 22.5. The van der Waals surface area contributed by atoms with Crippen LogP contribution in [0.15, 0.2) is 60.8 Å². The number of rotatable bonds is 40. The van der Waals surface area contributed by atoms with Crippen molar-refractivity contribution in [3.63, 3.8) is 0 Å². The highest BCUT2D eigenvalue weighted by atomic mass is 32.2. The number of carbonyl (C=O) groups excluding carboxylic acids is 1. The molecule has 0 aromatic carbocycles. The Kier molecular flexibility index (Phi) is 39.2. The molecule has 0 saturated heterocycles. The molecule has 2 atom stereocenters. The number of carbonyl (C=O) groups is 1. The average Bonchev–Trinajstić information content (AvgIpc) is 3.14. The van der Waals surface area contributed by atoms with E-state index in [4.69, 9.17) is 0 Å². The van der Waals surface area contributed by atoms with Crippen molar-refractivity contribution in [2.24, 2.45) is 0 Å². The Labute approximate surface area is 334 Å². The van der Waals surface area contributed by atoms with E-state index < -0.39 is 28.0 Å². The van der Waals surface area contributed by atoms with E-state index in [1.54, 1.807) is 6.08 Å². The molecule has 3 N–H and O–H groups in total. The summed E-state index contributed by atoms with van der Waals surface area (Å²) >= 11 is 0. The van der Waals surface area contributed by atoms with Crippen LogP contribution in [0.3, 0.4) is 0 Å². The first kappa shape index (κ1) is 52.0. The maximum atomic E-state index is 12.5. The van der Waals surface area contributed by atoms with Gasteiger partial charge in [-0.2, -0.15) is 8.42 Å². The summed E-state index contributed by atoms with van der Waals surface area (Å²) in [5.74, 6) is -1.02. The van der Waals surface area contributed by atoms with Gasteiger partial charge in [0.2, 0.25) is 5.91 Å². The second-order valence-electron chi connectivity index (χ2n) is 15.3. The molecular formula is C47H85NO5S. The van der Waals surface area contributed by atoms with Gasteiger partial charge < -0.3 is 10.4 Å². The lowest BCUT2D eigenvalue weighted by molar-refractivity contribution is -0.122. The highest BCUT2D eigenvalue weighted by Gasteiger charge is 2.24. The van der Waals surface area contributed by atoms with Gasteiger partial charge in [0.15, 0.2) is 0 Å². The Morgan fingerprint density at radius 3 is 1.31 bits per heavy atom. The zero-order chi connectivity index (χ0) is 39.6. The lowest BCUT2D eigenvalue weighted by atomic mass is 10.1. The summed E-state index contributed by atoms with van der Waals surface area (Å²) in [6.45, 7) is 4.51. The fourth-order valence-electron chi connectivity index (χ4n) is 6.51. The smallest absolute Gasteiger partial charge is 0.267 e. The number of unbranched alkanes of at least 4 members (excludes halogenated alkanes) is 24. The fraction of sp³-hybridized carbons (Fsp3) is 0.766. The minimum Gasteiger partial charge on any atom is -0.387 e. The monoisotopic (exact) mass is 776 g/mol. The summed E-state index contributed by atoms with van der Waals surface area (Å²) in [6.07, 6.45) is 56.4. The van der Waals surface area contributed by atoms with Crippen LogP contribution in [0.5, 0.6) is 0 Å². The molecule has 0 aliphatic heterocycles. The minimum atomic E-state index is -4.36.